The van der Waals surface area contributed by atoms with Crippen molar-refractivity contribution in [2.45, 2.75) is 133 Å². The predicted octanol–water partition coefficient (Wildman–Crippen LogP) is 9.54. The van der Waals surface area contributed by atoms with Crippen LogP contribution in [-0.4, -0.2) is 30.3 Å². The lowest BCUT2D eigenvalue weighted by Crippen LogP contribution is -2.67. The lowest BCUT2D eigenvalue weighted by Gasteiger charge is -2.74. The zero-order valence-electron chi connectivity index (χ0n) is 32.0. The molecular formula is C43H60O7. The standard InChI is InChI=1S/C43H60O7/c1-27-31(46)12-14-34-40(27,6)17-16-35-41(34,7)21-23-43(9)36-25-38(4,18-19-39(36,5)20-22-42(35,43)8)26-48-37(47)15-11-30-10-13-32(49-28(2)44)33(24-30)50-29(3)45/h10-11,13,15,24,27,34-36H,12,14,16-23,25-26H2,1-9H3/b15-11+/t27-,34+,35-,36+,38+,39+,40+,41-,42+,43-/m0/s1. The van der Waals surface area contributed by atoms with E-state index in [2.05, 4.69) is 48.5 Å². The van der Waals surface area contributed by atoms with Gasteiger partial charge in [-0.15, -0.1) is 0 Å². The Labute approximate surface area is 299 Å². The van der Waals surface area contributed by atoms with Gasteiger partial charge in [-0.05, 0) is 133 Å². The predicted molar refractivity (Wildman–Crippen MR) is 193 cm³/mol. The van der Waals surface area contributed by atoms with Crippen molar-refractivity contribution in [1.82, 2.24) is 0 Å². The lowest BCUT2D eigenvalue weighted by molar-refractivity contribution is -0.258. The summed E-state index contributed by atoms with van der Waals surface area (Å²) in [6.45, 7) is 20.4. The van der Waals surface area contributed by atoms with E-state index in [-0.39, 0.29) is 49.9 Å². The second kappa shape index (κ2) is 12.6. The van der Waals surface area contributed by atoms with E-state index in [0.29, 0.717) is 35.7 Å². The normalized spacial score (nSPS) is 42.4. The van der Waals surface area contributed by atoms with Crippen LogP contribution in [-0.2, 0) is 23.9 Å². The average Bonchev–Trinajstić information content (AvgIpc) is 3.04. The topological polar surface area (TPSA) is 96.0 Å². The van der Waals surface area contributed by atoms with E-state index in [1.807, 2.05) is 0 Å². The number of carbonyl (C=O) groups is 4. The highest BCUT2D eigenvalue weighted by atomic mass is 16.6. The quantitative estimate of drug-likeness (QED) is 0.167. The van der Waals surface area contributed by atoms with Gasteiger partial charge < -0.3 is 14.2 Å². The molecule has 1 aromatic carbocycles. The Morgan fingerprint density at radius 2 is 1.40 bits per heavy atom. The number of ether oxygens (including phenoxy) is 3. The number of rotatable bonds is 6. The molecule has 6 rings (SSSR count). The zero-order valence-corrected chi connectivity index (χ0v) is 32.0. The van der Waals surface area contributed by atoms with E-state index in [4.69, 9.17) is 14.2 Å². The van der Waals surface area contributed by atoms with Gasteiger partial charge in [0.05, 0.1) is 6.61 Å². The molecule has 5 fully saturated rings. The third-order valence-electron chi connectivity index (χ3n) is 16.0. The van der Waals surface area contributed by atoms with Crippen molar-refractivity contribution in [1.29, 1.82) is 0 Å². The van der Waals surface area contributed by atoms with Gasteiger partial charge in [0.15, 0.2) is 11.5 Å². The molecular weight excluding hydrogens is 628 g/mol. The lowest BCUT2D eigenvalue weighted by atomic mass is 9.30. The SMILES string of the molecule is CC(=O)Oc1ccc(/C=C/C(=O)OC[C@]2(C)CC[C@]3(C)CC[C@]4(C)[C@H]5CC[C@@]6(C)[C@@H](CCC(=O)[C@@H]6C)[C@]5(C)CC[C@@]4(C)[C@@H]3C2)cc1OC(C)=O. The minimum atomic E-state index is -0.538. The zero-order chi connectivity index (χ0) is 36.5. The molecule has 50 heavy (non-hydrogen) atoms. The Kier molecular flexibility index (Phi) is 9.29. The molecule has 0 heterocycles. The highest BCUT2D eigenvalue weighted by Crippen LogP contribution is 2.78. The molecule has 5 aliphatic carbocycles. The molecule has 5 aliphatic rings. The maximum atomic E-state index is 13.1. The molecule has 0 aromatic heterocycles. The summed E-state index contributed by atoms with van der Waals surface area (Å²) < 4.78 is 16.4. The van der Waals surface area contributed by atoms with Gasteiger partial charge in [-0.3, -0.25) is 14.4 Å². The Morgan fingerprint density at radius 3 is 2.10 bits per heavy atom. The molecule has 0 radical (unpaired) electrons. The van der Waals surface area contributed by atoms with Gasteiger partial charge in [-0.2, -0.15) is 0 Å². The van der Waals surface area contributed by atoms with E-state index in [9.17, 15) is 19.2 Å². The monoisotopic (exact) mass is 688 g/mol. The van der Waals surface area contributed by atoms with Gasteiger partial charge in [-0.1, -0.05) is 54.5 Å². The first-order valence-corrected chi connectivity index (χ1v) is 19.2. The van der Waals surface area contributed by atoms with Crippen molar-refractivity contribution in [3.05, 3.63) is 29.8 Å². The van der Waals surface area contributed by atoms with Crippen LogP contribution < -0.4 is 9.47 Å². The Bertz CT molecular complexity index is 1590. The average molecular weight is 689 g/mol. The molecule has 0 amide bonds. The summed E-state index contributed by atoms with van der Waals surface area (Å²) in [5, 5.41) is 0. The number of fused-ring (bicyclic) bond motifs is 7. The Hall–Kier alpha value is -2.96. The van der Waals surface area contributed by atoms with E-state index >= 15 is 0 Å². The second-order valence-electron chi connectivity index (χ2n) is 18.8. The van der Waals surface area contributed by atoms with Gasteiger partial charge in [0.25, 0.3) is 0 Å². The summed E-state index contributed by atoms with van der Waals surface area (Å²) in [5.41, 5.74) is 1.63. The Morgan fingerprint density at radius 1 is 0.760 bits per heavy atom. The third-order valence-corrected chi connectivity index (χ3v) is 16.0. The summed E-state index contributed by atoms with van der Waals surface area (Å²) in [5.74, 6) is 1.26. The number of hydrogen-bond acceptors (Lipinski definition) is 7. The second-order valence-corrected chi connectivity index (χ2v) is 18.8. The van der Waals surface area contributed by atoms with Crippen molar-refractivity contribution in [3.8, 4) is 11.5 Å². The first-order valence-electron chi connectivity index (χ1n) is 19.2. The Balaban J connectivity index is 1.17. The van der Waals surface area contributed by atoms with Crippen LogP contribution in [0.2, 0.25) is 0 Å². The highest BCUT2D eigenvalue weighted by molar-refractivity contribution is 5.87. The van der Waals surface area contributed by atoms with Crippen molar-refractivity contribution in [2.24, 2.45) is 56.2 Å². The number of hydrogen-bond donors (Lipinski definition) is 0. The smallest absolute Gasteiger partial charge is 0.330 e. The van der Waals surface area contributed by atoms with Gasteiger partial charge in [0.2, 0.25) is 0 Å². The number of ketones is 1. The molecule has 0 aliphatic heterocycles. The van der Waals surface area contributed by atoms with Crippen LogP contribution >= 0.6 is 0 Å². The summed E-state index contributed by atoms with van der Waals surface area (Å²) in [6, 6.07) is 4.79. The highest BCUT2D eigenvalue weighted by Gasteiger charge is 2.71. The van der Waals surface area contributed by atoms with Crippen LogP contribution in [0.3, 0.4) is 0 Å². The largest absolute Gasteiger partial charge is 0.462 e. The van der Waals surface area contributed by atoms with Crippen LogP contribution in [0.15, 0.2) is 24.3 Å². The van der Waals surface area contributed by atoms with E-state index in [1.165, 1.54) is 58.4 Å². The van der Waals surface area contributed by atoms with Crippen molar-refractivity contribution in [2.75, 3.05) is 6.61 Å². The van der Waals surface area contributed by atoms with Crippen molar-refractivity contribution in [3.63, 3.8) is 0 Å². The van der Waals surface area contributed by atoms with E-state index in [0.717, 1.165) is 32.1 Å². The van der Waals surface area contributed by atoms with Crippen molar-refractivity contribution < 1.29 is 33.4 Å². The van der Waals surface area contributed by atoms with Gasteiger partial charge >= 0.3 is 17.9 Å². The number of esters is 3. The van der Waals surface area contributed by atoms with Gasteiger partial charge in [0, 0.05) is 37.7 Å². The van der Waals surface area contributed by atoms with Crippen LogP contribution in [0.4, 0.5) is 0 Å². The fraction of sp³-hybridized carbons (Fsp3) is 0.721. The summed E-state index contributed by atoms with van der Waals surface area (Å²) in [6.07, 6.45) is 15.5. The maximum absolute atomic E-state index is 13.1. The molecule has 7 nitrogen and oxygen atoms in total. The fourth-order valence-electron chi connectivity index (χ4n) is 12.8. The molecule has 0 bridgehead atoms. The van der Waals surface area contributed by atoms with Crippen LogP contribution in [0.25, 0.3) is 6.08 Å². The molecule has 7 heteroatoms. The minimum Gasteiger partial charge on any atom is -0.462 e. The number of carbonyl (C=O) groups excluding carboxylic acids is 4. The summed E-state index contributed by atoms with van der Waals surface area (Å²) in [4.78, 5) is 49.1. The van der Waals surface area contributed by atoms with Crippen LogP contribution in [0, 0.1) is 56.2 Å². The molecule has 5 saturated carbocycles. The van der Waals surface area contributed by atoms with E-state index in [1.54, 1.807) is 24.3 Å². The third kappa shape index (κ3) is 5.96. The van der Waals surface area contributed by atoms with Gasteiger partial charge in [0.1, 0.15) is 5.78 Å². The molecule has 10 atom stereocenters. The minimum absolute atomic E-state index is 0.103. The van der Waals surface area contributed by atoms with Crippen LogP contribution in [0.5, 0.6) is 11.5 Å². The molecule has 274 valence electrons. The first-order chi connectivity index (χ1) is 23.3. The maximum Gasteiger partial charge on any atom is 0.330 e. The van der Waals surface area contributed by atoms with Crippen molar-refractivity contribution >= 4 is 29.8 Å². The molecule has 0 N–H and O–H groups in total. The first kappa shape index (κ1) is 36.8. The molecule has 1 aromatic rings. The molecule has 0 unspecified atom stereocenters. The summed E-state index contributed by atoms with van der Waals surface area (Å²) >= 11 is 0. The summed E-state index contributed by atoms with van der Waals surface area (Å²) in [7, 11) is 0. The van der Waals surface area contributed by atoms with Gasteiger partial charge in [-0.25, -0.2) is 4.79 Å². The molecule has 0 saturated heterocycles. The fourth-order valence-corrected chi connectivity index (χ4v) is 12.8. The van der Waals surface area contributed by atoms with Crippen LogP contribution in [0.1, 0.15) is 139 Å². The van der Waals surface area contributed by atoms with E-state index < -0.39 is 17.9 Å². The number of benzene rings is 1. The molecule has 0 spiro atoms. The number of Topliss-reactive ketones (excluding diaryl/α,β-unsaturated/α-hetero) is 1.